The monoisotopic (exact) mass is 367 g/mol. The van der Waals surface area contributed by atoms with Crippen LogP contribution < -0.4 is 15.4 Å². The van der Waals surface area contributed by atoms with Gasteiger partial charge in [0, 0.05) is 5.69 Å². The number of nitrogens with zero attached hydrogens (tertiary/aromatic N) is 1. The van der Waals surface area contributed by atoms with Gasteiger partial charge in [0.1, 0.15) is 10.6 Å². The van der Waals surface area contributed by atoms with Gasteiger partial charge in [-0.2, -0.15) is 0 Å². The molecule has 0 saturated heterocycles. The molecule has 0 spiro atoms. The van der Waals surface area contributed by atoms with Gasteiger partial charge in [-0.15, -0.1) is 0 Å². The molecule has 5 nitrogen and oxygen atoms in total. The summed E-state index contributed by atoms with van der Waals surface area (Å²) in [6.07, 6.45) is 0. The second-order valence-electron chi connectivity index (χ2n) is 5.81. The second-order valence-corrected chi connectivity index (χ2v) is 6.81. The molecular formula is C20H21N3O2S. The van der Waals surface area contributed by atoms with Crippen molar-refractivity contribution in [3.63, 3.8) is 0 Å². The number of aryl methyl sites for hydroxylation is 2. The molecule has 0 radical (unpaired) electrons. The van der Waals surface area contributed by atoms with Crippen LogP contribution in [0, 0.1) is 13.8 Å². The van der Waals surface area contributed by atoms with Gasteiger partial charge < -0.3 is 15.4 Å². The molecule has 0 atom stereocenters. The molecule has 1 aromatic heterocycles. The van der Waals surface area contributed by atoms with Gasteiger partial charge in [0.25, 0.3) is 5.91 Å². The number of benzene rings is 2. The molecule has 3 rings (SSSR count). The summed E-state index contributed by atoms with van der Waals surface area (Å²) in [6.45, 7) is 6.32. The maximum atomic E-state index is 12.7. The number of nitrogens with one attached hydrogen (secondary N) is 2. The molecule has 3 aromatic rings. The van der Waals surface area contributed by atoms with Crippen LogP contribution in [0.3, 0.4) is 0 Å². The zero-order valence-corrected chi connectivity index (χ0v) is 15.8. The lowest BCUT2D eigenvalue weighted by molar-refractivity contribution is 0.102. The van der Waals surface area contributed by atoms with Gasteiger partial charge in [-0.05, 0) is 50.6 Å². The van der Waals surface area contributed by atoms with Gasteiger partial charge in [0.05, 0.1) is 18.0 Å². The summed E-state index contributed by atoms with van der Waals surface area (Å²) in [5, 5.41) is 6.87. The third kappa shape index (κ3) is 4.21. The molecule has 0 aliphatic heterocycles. The molecule has 1 amide bonds. The van der Waals surface area contributed by atoms with E-state index < -0.39 is 0 Å². The van der Waals surface area contributed by atoms with E-state index in [1.54, 1.807) is 0 Å². The van der Waals surface area contributed by atoms with Crippen molar-refractivity contribution < 1.29 is 9.53 Å². The lowest BCUT2D eigenvalue weighted by Gasteiger charge is -2.10. The van der Waals surface area contributed by atoms with Crippen LogP contribution in [0.15, 0.2) is 48.5 Å². The van der Waals surface area contributed by atoms with Crippen LogP contribution >= 0.6 is 11.3 Å². The summed E-state index contributed by atoms with van der Waals surface area (Å²) in [5.74, 6) is 0.466. The summed E-state index contributed by atoms with van der Waals surface area (Å²) in [5.41, 5.74) is 3.46. The second kappa shape index (κ2) is 8.01. The number of anilines is 3. The molecule has 0 aliphatic rings. The van der Waals surface area contributed by atoms with Crippen LogP contribution in [-0.4, -0.2) is 17.5 Å². The Morgan fingerprint density at radius 1 is 1.15 bits per heavy atom. The van der Waals surface area contributed by atoms with E-state index in [-0.39, 0.29) is 5.91 Å². The van der Waals surface area contributed by atoms with Crippen molar-refractivity contribution in [1.82, 2.24) is 4.98 Å². The minimum atomic E-state index is -0.190. The Labute approximate surface area is 157 Å². The number of thiazole rings is 1. The summed E-state index contributed by atoms with van der Waals surface area (Å²) < 4.78 is 5.56. The highest BCUT2D eigenvalue weighted by atomic mass is 32.1. The van der Waals surface area contributed by atoms with Crippen LogP contribution in [0.1, 0.15) is 27.9 Å². The summed E-state index contributed by atoms with van der Waals surface area (Å²) in [4.78, 5) is 17.7. The number of para-hydroxylation sites is 2. The Bertz CT molecular complexity index is 921. The van der Waals surface area contributed by atoms with E-state index in [4.69, 9.17) is 4.74 Å². The average Bonchev–Trinajstić information content (AvgIpc) is 2.97. The number of carbonyl (C=O) groups is 1. The van der Waals surface area contributed by atoms with E-state index in [0.717, 1.165) is 11.3 Å². The summed E-state index contributed by atoms with van der Waals surface area (Å²) >= 11 is 1.33. The zero-order chi connectivity index (χ0) is 18.5. The van der Waals surface area contributed by atoms with E-state index in [1.165, 1.54) is 11.3 Å². The highest BCUT2D eigenvalue weighted by molar-refractivity contribution is 7.17. The molecule has 6 heteroatoms. The summed E-state index contributed by atoms with van der Waals surface area (Å²) in [7, 11) is 0. The molecule has 2 N–H and O–H groups in total. The normalized spacial score (nSPS) is 10.4. The Kier molecular flexibility index (Phi) is 5.53. The van der Waals surface area contributed by atoms with E-state index >= 15 is 0 Å². The molecular weight excluding hydrogens is 346 g/mol. The first kappa shape index (κ1) is 17.9. The van der Waals surface area contributed by atoms with E-state index in [0.29, 0.717) is 33.7 Å². The first-order chi connectivity index (χ1) is 12.6. The minimum Gasteiger partial charge on any atom is -0.492 e. The first-order valence-corrected chi connectivity index (χ1v) is 9.22. The van der Waals surface area contributed by atoms with Gasteiger partial charge in [-0.25, -0.2) is 4.98 Å². The summed E-state index contributed by atoms with van der Waals surface area (Å²) in [6, 6.07) is 15.4. The third-order valence-electron chi connectivity index (χ3n) is 3.71. The van der Waals surface area contributed by atoms with Crippen molar-refractivity contribution in [2.75, 3.05) is 17.2 Å². The average molecular weight is 367 g/mol. The number of amides is 1. The van der Waals surface area contributed by atoms with Gasteiger partial charge in [0.15, 0.2) is 5.13 Å². The fourth-order valence-electron chi connectivity index (χ4n) is 2.54. The van der Waals surface area contributed by atoms with Crippen molar-refractivity contribution in [1.29, 1.82) is 0 Å². The van der Waals surface area contributed by atoms with Gasteiger partial charge in [-0.3, -0.25) is 4.79 Å². The van der Waals surface area contributed by atoms with Gasteiger partial charge in [-0.1, -0.05) is 35.6 Å². The van der Waals surface area contributed by atoms with Crippen LogP contribution in [0.2, 0.25) is 0 Å². The number of aromatic nitrogens is 1. The largest absolute Gasteiger partial charge is 0.492 e. The van der Waals surface area contributed by atoms with Crippen molar-refractivity contribution in [2.45, 2.75) is 20.8 Å². The van der Waals surface area contributed by atoms with Crippen LogP contribution in [-0.2, 0) is 0 Å². The molecule has 0 bridgehead atoms. The molecule has 0 fully saturated rings. The fraction of sp³-hybridized carbons (Fsp3) is 0.200. The smallest absolute Gasteiger partial charge is 0.267 e. The van der Waals surface area contributed by atoms with Crippen LogP contribution in [0.25, 0.3) is 0 Å². The lowest BCUT2D eigenvalue weighted by Crippen LogP contribution is -2.12. The lowest BCUT2D eigenvalue weighted by atomic mass is 10.2. The Morgan fingerprint density at radius 2 is 1.96 bits per heavy atom. The van der Waals surface area contributed by atoms with E-state index in [2.05, 4.69) is 15.6 Å². The number of carbonyl (C=O) groups excluding carboxylic acids is 1. The van der Waals surface area contributed by atoms with Gasteiger partial charge >= 0.3 is 0 Å². The zero-order valence-electron chi connectivity index (χ0n) is 15.0. The SMILES string of the molecule is CCOc1ccccc1NC(=O)c1sc(Nc2cccc(C)c2)nc1C. The Balaban J connectivity index is 1.77. The number of hydrogen-bond acceptors (Lipinski definition) is 5. The molecule has 26 heavy (non-hydrogen) atoms. The number of hydrogen-bond donors (Lipinski definition) is 2. The topological polar surface area (TPSA) is 63.2 Å². The maximum Gasteiger partial charge on any atom is 0.267 e. The molecule has 0 aliphatic carbocycles. The number of rotatable bonds is 6. The van der Waals surface area contributed by atoms with Crippen molar-refractivity contribution in [2.24, 2.45) is 0 Å². The quantitative estimate of drug-likeness (QED) is 0.632. The predicted molar refractivity (Wildman–Crippen MR) is 107 cm³/mol. The highest BCUT2D eigenvalue weighted by Crippen LogP contribution is 2.29. The minimum absolute atomic E-state index is 0.190. The standard InChI is InChI=1S/C20H21N3O2S/c1-4-25-17-11-6-5-10-16(17)23-19(24)18-14(3)21-20(26-18)22-15-9-7-8-13(2)12-15/h5-12H,4H2,1-3H3,(H,21,22)(H,23,24). The van der Waals surface area contributed by atoms with E-state index in [1.807, 2.05) is 69.3 Å². The van der Waals surface area contributed by atoms with Crippen molar-refractivity contribution in [3.8, 4) is 5.75 Å². The predicted octanol–water partition coefficient (Wildman–Crippen LogP) is 5.15. The van der Waals surface area contributed by atoms with Crippen LogP contribution in [0.4, 0.5) is 16.5 Å². The molecule has 0 unspecified atom stereocenters. The number of ether oxygens (including phenoxy) is 1. The Hall–Kier alpha value is -2.86. The van der Waals surface area contributed by atoms with Crippen molar-refractivity contribution >= 4 is 33.8 Å². The highest BCUT2D eigenvalue weighted by Gasteiger charge is 2.17. The fourth-order valence-corrected chi connectivity index (χ4v) is 3.42. The van der Waals surface area contributed by atoms with E-state index in [9.17, 15) is 4.79 Å². The van der Waals surface area contributed by atoms with Crippen molar-refractivity contribution in [3.05, 3.63) is 64.7 Å². The maximum absolute atomic E-state index is 12.7. The molecule has 134 valence electrons. The molecule has 0 saturated carbocycles. The van der Waals surface area contributed by atoms with Crippen LogP contribution in [0.5, 0.6) is 5.75 Å². The van der Waals surface area contributed by atoms with Gasteiger partial charge in [0.2, 0.25) is 0 Å². The molecule has 1 heterocycles. The first-order valence-electron chi connectivity index (χ1n) is 8.41. The third-order valence-corrected chi connectivity index (χ3v) is 4.78. The molecule has 2 aromatic carbocycles. The Morgan fingerprint density at radius 3 is 2.73 bits per heavy atom.